The lowest BCUT2D eigenvalue weighted by atomic mass is 9.45. The van der Waals surface area contributed by atoms with Gasteiger partial charge in [-0.3, -0.25) is 14.6 Å². The molecule has 0 aliphatic heterocycles. The summed E-state index contributed by atoms with van der Waals surface area (Å²) >= 11 is 0. The Morgan fingerprint density at radius 3 is 2.60 bits per heavy atom. The van der Waals surface area contributed by atoms with E-state index < -0.39 is 33.6 Å². The predicted molar refractivity (Wildman–Crippen MR) is 169 cm³/mol. The highest BCUT2D eigenvalue weighted by Crippen LogP contribution is 2.81. The van der Waals surface area contributed by atoms with Crippen LogP contribution in [0.1, 0.15) is 73.2 Å². The van der Waals surface area contributed by atoms with Gasteiger partial charge in [-0.1, -0.05) is 23.4 Å². The molecule has 0 radical (unpaired) electrons. The average Bonchev–Trinajstić information content (AvgIpc) is 3.76. The molecule has 252 valence electrons. The van der Waals surface area contributed by atoms with E-state index in [0.717, 1.165) is 36.4 Å². The van der Waals surface area contributed by atoms with Crippen molar-refractivity contribution in [2.24, 2.45) is 28.9 Å². The number of ether oxygens (including phenoxy) is 1. The number of aromatic amines is 1. The fourth-order valence-corrected chi connectivity index (χ4v) is 10.0. The van der Waals surface area contributed by atoms with Crippen molar-refractivity contribution in [2.75, 3.05) is 10.0 Å². The minimum atomic E-state index is -5.06. The first-order chi connectivity index (χ1) is 22.9. The molecule has 8 rings (SSSR count). The standard InChI is InChI=1S/C33H33F3N6O5S/c1-16(19-2-5-22(34)6-3-19)46-24-10-20(4-7-23(24)42-48(44,45)31(35)36)28-27(29(37)43)30(40-39-28)38-26-11-25(47-41-26)33-14-18-8-17-9-21(15-33)32(33,12-17)13-18/h2-7,10-11,16-18,21,31,42H,8-9,12-15H2,1H3,(H2,37,43)(H2,38,39,40,41)/t16-,17?,18?,21?,32?,33?/m0/s1. The number of aromatic nitrogens is 3. The summed E-state index contributed by atoms with van der Waals surface area (Å²) in [5.74, 6) is -1.43. The molecule has 4 aliphatic rings. The number of nitrogens with two attached hydrogens (primary N) is 1. The summed E-state index contributed by atoms with van der Waals surface area (Å²) < 4.78 is 77.9. The summed E-state index contributed by atoms with van der Waals surface area (Å²) in [5.41, 5.74) is 6.72. The lowest BCUT2D eigenvalue weighted by Crippen LogP contribution is -2.55. The van der Waals surface area contributed by atoms with Gasteiger partial charge in [0.25, 0.3) is 15.9 Å². The highest BCUT2D eigenvalue weighted by atomic mass is 32.2. The van der Waals surface area contributed by atoms with Crippen molar-refractivity contribution in [1.82, 2.24) is 15.4 Å². The van der Waals surface area contributed by atoms with E-state index in [2.05, 4.69) is 20.7 Å². The minimum Gasteiger partial charge on any atom is -0.484 e. The largest absolute Gasteiger partial charge is 0.484 e. The molecular weight excluding hydrogens is 649 g/mol. The molecule has 4 aromatic rings. The number of hydrogen-bond donors (Lipinski definition) is 4. The quantitative estimate of drug-likeness (QED) is 0.137. The number of rotatable bonds is 11. The average molecular weight is 683 g/mol. The van der Waals surface area contributed by atoms with Crippen LogP contribution in [-0.2, 0) is 15.4 Å². The van der Waals surface area contributed by atoms with Crippen LogP contribution in [-0.4, -0.2) is 35.4 Å². The Hall–Kier alpha value is -4.53. The van der Waals surface area contributed by atoms with Crippen molar-refractivity contribution in [3.05, 3.63) is 71.2 Å². The van der Waals surface area contributed by atoms with Crippen LogP contribution in [0.15, 0.2) is 53.1 Å². The molecule has 4 saturated carbocycles. The van der Waals surface area contributed by atoms with Crippen LogP contribution in [0.4, 0.5) is 30.5 Å². The number of nitrogens with zero attached hydrogens (tertiary/aromatic N) is 2. The number of benzene rings is 2. The van der Waals surface area contributed by atoms with Crippen molar-refractivity contribution in [3.63, 3.8) is 0 Å². The number of H-pyrrole nitrogens is 1. The number of amides is 1. The number of fused-ring (bicyclic) bond motifs is 2. The molecule has 3 bridgehead atoms. The molecule has 48 heavy (non-hydrogen) atoms. The van der Waals surface area contributed by atoms with Gasteiger partial charge in [-0.05, 0) is 98.4 Å². The summed E-state index contributed by atoms with van der Waals surface area (Å²) in [6.07, 6.45) is 6.59. The third-order valence-corrected chi connectivity index (χ3v) is 12.2. The third-order valence-electron chi connectivity index (χ3n) is 11.2. The van der Waals surface area contributed by atoms with Crippen molar-refractivity contribution >= 4 is 33.3 Å². The topological polar surface area (TPSA) is 165 Å². The van der Waals surface area contributed by atoms with E-state index >= 15 is 0 Å². The number of alkyl halides is 2. The Bertz CT molecular complexity index is 2030. The summed E-state index contributed by atoms with van der Waals surface area (Å²) in [6.45, 7) is 1.62. The van der Waals surface area contributed by atoms with Gasteiger partial charge < -0.3 is 20.3 Å². The van der Waals surface area contributed by atoms with Crippen LogP contribution in [0.3, 0.4) is 0 Å². The van der Waals surface area contributed by atoms with E-state index in [1.165, 1.54) is 68.1 Å². The van der Waals surface area contributed by atoms with Crippen LogP contribution in [0.25, 0.3) is 11.3 Å². The van der Waals surface area contributed by atoms with Crippen LogP contribution >= 0.6 is 0 Å². The van der Waals surface area contributed by atoms with Crippen LogP contribution in [0, 0.1) is 29.0 Å². The van der Waals surface area contributed by atoms with E-state index in [9.17, 15) is 26.4 Å². The number of anilines is 3. The van der Waals surface area contributed by atoms with Gasteiger partial charge in [0.1, 0.15) is 40.5 Å². The third kappa shape index (κ3) is 4.68. The van der Waals surface area contributed by atoms with Gasteiger partial charge in [-0.2, -0.15) is 13.9 Å². The number of carbonyl (C=O) groups excluding carboxylic acids is 1. The molecule has 15 heteroatoms. The van der Waals surface area contributed by atoms with E-state index in [0.29, 0.717) is 16.8 Å². The second-order valence-corrected chi connectivity index (χ2v) is 15.4. The number of hydrogen-bond acceptors (Lipinski definition) is 8. The monoisotopic (exact) mass is 682 g/mol. The van der Waals surface area contributed by atoms with Gasteiger partial charge in [-0.15, -0.1) is 0 Å². The molecule has 2 aromatic heterocycles. The first-order valence-corrected chi connectivity index (χ1v) is 17.4. The van der Waals surface area contributed by atoms with Crippen LogP contribution in [0.5, 0.6) is 5.75 Å². The summed E-state index contributed by atoms with van der Waals surface area (Å²) in [6, 6.07) is 11.3. The Balaban J connectivity index is 1.10. The molecule has 4 aliphatic carbocycles. The smallest absolute Gasteiger partial charge is 0.355 e. The van der Waals surface area contributed by atoms with Gasteiger partial charge in [0.2, 0.25) is 0 Å². The van der Waals surface area contributed by atoms with E-state index in [1.54, 1.807) is 6.92 Å². The fourth-order valence-electron chi connectivity index (χ4n) is 9.44. The molecule has 2 aromatic carbocycles. The summed E-state index contributed by atoms with van der Waals surface area (Å²) in [4.78, 5) is 12.8. The number of sulfonamides is 1. The molecule has 5 N–H and O–H groups in total. The fraction of sp³-hybridized carbons (Fsp3) is 0.424. The lowest BCUT2D eigenvalue weighted by molar-refractivity contribution is -0.0512. The predicted octanol–water partition coefficient (Wildman–Crippen LogP) is 6.62. The Morgan fingerprint density at radius 2 is 1.85 bits per heavy atom. The number of halogens is 3. The zero-order valence-corrected chi connectivity index (χ0v) is 26.6. The van der Waals surface area contributed by atoms with Crippen molar-refractivity contribution in [3.8, 4) is 17.0 Å². The Kier molecular flexibility index (Phi) is 6.89. The molecule has 4 fully saturated rings. The first-order valence-electron chi connectivity index (χ1n) is 15.9. The SMILES string of the molecule is C[C@H](Oc1cc(-c2n[nH]c(Nc3cc(C45CC6CC7CC(C4)C5(C7)C6)on3)c2C(N)=O)ccc1NS(=O)(=O)C(F)F)c1ccc(F)cc1. The molecule has 1 spiro atoms. The maximum absolute atomic E-state index is 13.5. The molecule has 0 saturated heterocycles. The van der Waals surface area contributed by atoms with Crippen LogP contribution in [0.2, 0.25) is 0 Å². The van der Waals surface area contributed by atoms with Crippen molar-refractivity contribution in [2.45, 2.75) is 62.7 Å². The molecule has 1 amide bonds. The maximum atomic E-state index is 13.5. The second kappa shape index (κ2) is 10.7. The van der Waals surface area contributed by atoms with E-state index in [-0.39, 0.29) is 39.5 Å². The zero-order valence-electron chi connectivity index (χ0n) is 25.8. The summed E-state index contributed by atoms with van der Waals surface area (Å²) in [7, 11) is -5.06. The molecule has 11 nitrogen and oxygen atoms in total. The minimum absolute atomic E-state index is 0.00120. The van der Waals surface area contributed by atoms with Gasteiger partial charge >= 0.3 is 5.76 Å². The normalized spacial score (nSPS) is 27.5. The Labute approximate surface area is 273 Å². The van der Waals surface area contributed by atoms with Gasteiger partial charge in [-0.25, -0.2) is 12.8 Å². The van der Waals surface area contributed by atoms with Gasteiger partial charge in [0.15, 0.2) is 5.82 Å². The van der Waals surface area contributed by atoms with E-state index in [4.69, 9.17) is 15.0 Å². The summed E-state index contributed by atoms with van der Waals surface area (Å²) in [5, 5.41) is 14.5. The highest BCUT2D eigenvalue weighted by Gasteiger charge is 2.76. The molecule has 6 atom stereocenters. The second-order valence-electron chi connectivity index (χ2n) is 13.8. The number of nitrogens with one attached hydrogen (secondary N) is 3. The van der Waals surface area contributed by atoms with E-state index in [1.807, 2.05) is 10.8 Å². The zero-order chi connectivity index (χ0) is 33.6. The number of primary amides is 1. The first kappa shape index (κ1) is 30.8. The van der Waals surface area contributed by atoms with Crippen molar-refractivity contribution < 1.29 is 35.6 Å². The number of carbonyl (C=O) groups is 1. The maximum Gasteiger partial charge on any atom is 0.355 e. The molecule has 5 unspecified atom stereocenters. The molecular formula is C33H33F3N6O5S. The Morgan fingerprint density at radius 1 is 1.08 bits per heavy atom. The van der Waals surface area contributed by atoms with Gasteiger partial charge in [0, 0.05) is 17.0 Å². The van der Waals surface area contributed by atoms with Crippen molar-refractivity contribution in [1.29, 1.82) is 0 Å². The lowest BCUT2D eigenvalue weighted by Gasteiger charge is -2.57. The highest BCUT2D eigenvalue weighted by molar-refractivity contribution is 7.93. The van der Waals surface area contributed by atoms with Crippen LogP contribution < -0.4 is 20.5 Å². The molecule has 2 heterocycles. The van der Waals surface area contributed by atoms with Gasteiger partial charge in [0.05, 0.1) is 5.69 Å².